The average Bonchev–Trinajstić information content (AvgIpc) is 2.52. The van der Waals surface area contributed by atoms with E-state index in [9.17, 15) is 0 Å². The molecule has 1 nitrogen and oxygen atoms in total. The van der Waals surface area contributed by atoms with Gasteiger partial charge in [-0.25, -0.2) is 0 Å². The van der Waals surface area contributed by atoms with Gasteiger partial charge in [0.1, 0.15) is 0 Å². The Kier molecular flexibility index (Phi) is 18.2. The molecule has 1 heteroatoms. The van der Waals surface area contributed by atoms with Crippen LogP contribution < -0.4 is 5.32 Å². The summed E-state index contributed by atoms with van der Waals surface area (Å²) in [6, 6.07) is 0. The van der Waals surface area contributed by atoms with E-state index in [-0.39, 0.29) is 0 Å². The summed E-state index contributed by atoms with van der Waals surface area (Å²) in [6.07, 6.45) is 22.0. The zero-order valence-corrected chi connectivity index (χ0v) is 15.7. The topological polar surface area (TPSA) is 12.0 Å². The van der Waals surface area contributed by atoms with Crippen LogP contribution in [0.3, 0.4) is 0 Å². The average molecular weight is 310 g/mol. The van der Waals surface area contributed by atoms with Gasteiger partial charge in [0.25, 0.3) is 0 Å². The van der Waals surface area contributed by atoms with Gasteiger partial charge in [0, 0.05) is 12.2 Å². The van der Waals surface area contributed by atoms with Crippen molar-refractivity contribution >= 4 is 0 Å². The Balaban J connectivity index is 3.13. The SMILES string of the molecule is C=C(CCCCCCCCC)NCCCCCCCCCC. The molecule has 1 N–H and O–H groups in total. The van der Waals surface area contributed by atoms with E-state index in [1.807, 2.05) is 0 Å². The zero-order valence-electron chi connectivity index (χ0n) is 15.7. The number of hydrogen-bond acceptors (Lipinski definition) is 1. The number of rotatable bonds is 18. The van der Waals surface area contributed by atoms with Crippen LogP contribution in [0.25, 0.3) is 0 Å². The van der Waals surface area contributed by atoms with Crippen LogP contribution in [0.1, 0.15) is 117 Å². The minimum Gasteiger partial charge on any atom is -0.389 e. The maximum absolute atomic E-state index is 4.16. The van der Waals surface area contributed by atoms with Gasteiger partial charge in [-0.1, -0.05) is 104 Å². The second-order valence-electron chi connectivity index (χ2n) is 6.88. The molecule has 22 heavy (non-hydrogen) atoms. The molecule has 0 amide bonds. The van der Waals surface area contributed by atoms with Gasteiger partial charge in [-0.3, -0.25) is 0 Å². The van der Waals surface area contributed by atoms with Gasteiger partial charge in [-0.2, -0.15) is 0 Å². The van der Waals surface area contributed by atoms with E-state index < -0.39 is 0 Å². The van der Waals surface area contributed by atoms with Crippen molar-refractivity contribution in [2.45, 2.75) is 117 Å². The molecule has 0 rings (SSSR count). The van der Waals surface area contributed by atoms with Gasteiger partial charge in [0.15, 0.2) is 0 Å². The van der Waals surface area contributed by atoms with Gasteiger partial charge in [-0.05, 0) is 19.3 Å². The molecule has 0 aromatic rings. The molecule has 0 spiro atoms. The molecule has 0 aliphatic rings. The predicted molar refractivity (Wildman–Crippen MR) is 102 cm³/mol. The zero-order chi connectivity index (χ0) is 16.3. The van der Waals surface area contributed by atoms with Gasteiger partial charge >= 0.3 is 0 Å². The van der Waals surface area contributed by atoms with E-state index in [0.717, 1.165) is 6.54 Å². The number of allylic oxidation sites excluding steroid dienone is 1. The third kappa shape index (κ3) is 17.6. The molecule has 0 heterocycles. The van der Waals surface area contributed by atoms with Gasteiger partial charge in [-0.15, -0.1) is 0 Å². The first-order valence-electron chi connectivity index (χ1n) is 10.2. The molecule has 0 saturated carbocycles. The molecule has 0 aromatic carbocycles. The molecule has 0 unspecified atom stereocenters. The maximum atomic E-state index is 4.16. The molecule has 0 saturated heterocycles. The molecule has 0 atom stereocenters. The summed E-state index contributed by atoms with van der Waals surface area (Å²) in [4.78, 5) is 0. The first-order valence-corrected chi connectivity index (χ1v) is 10.2. The third-order valence-corrected chi connectivity index (χ3v) is 4.49. The van der Waals surface area contributed by atoms with Crippen LogP contribution in [0.4, 0.5) is 0 Å². The van der Waals surface area contributed by atoms with Crippen molar-refractivity contribution in [3.63, 3.8) is 0 Å². The molecule has 0 fully saturated rings. The van der Waals surface area contributed by atoms with Gasteiger partial charge < -0.3 is 5.32 Å². The highest BCUT2D eigenvalue weighted by molar-refractivity contribution is 4.90. The lowest BCUT2D eigenvalue weighted by atomic mass is 10.1. The lowest BCUT2D eigenvalue weighted by molar-refractivity contribution is 0.558. The standard InChI is InChI=1S/C21H43N/c1-4-6-8-10-12-14-16-18-20-22-21(3)19-17-15-13-11-9-7-5-2/h22H,3-20H2,1-2H3. The summed E-state index contributed by atoms with van der Waals surface area (Å²) >= 11 is 0. The second-order valence-corrected chi connectivity index (χ2v) is 6.88. The Morgan fingerprint density at radius 1 is 0.591 bits per heavy atom. The molecular formula is C21H43N. The molecule has 0 aromatic heterocycles. The van der Waals surface area contributed by atoms with Crippen LogP contribution in [0.15, 0.2) is 12.3 Å². The van der Waals surface area contributed by atoms with E-state index in [2.05, 4.69) is 25.7 Å². The van der Waals surface area contributed by atoms with Crippen LogP contribution in [-0.4, -0.2) is 6.54 Å². The van der Waals surface area contributed by atoms with Crippen LogP contribution in [0.2, 0.25) is 0 Å². The van der Waals surface area contributed by atoms with Crippen molar-refractivity contribution in [3.05, 3.63) is 12.3 Å². The minimum atomic E-state index is 1.13. The maximum Gasteiger partial charge on any atom is 0.0143 e. The molecule has 0 bridgehead atoms. The highest BCUT2D eigenvalue weighted by Crippen LogP contribution is 2.11. The fourth-order valence-electron chi connectivity index (χ4n) is 2.91. The molecule has 132 valence electrons. The van der Waals surface area contributed by atoms with E-state index in [1.54, 1.807) is 0 Å². The Morgan fingerprint density at radius 2 is 1.00 bits per heavy atom. The molecular weight excluding hydrogens is 266 g/mol. The normalized spacial score (nSPS) is 10.8. The first kappa shape index (κ1) is 21.5. The minimum absolute atomic E-state index is 1.13. The Labute approximate surface area is 141 Å². The van der Waals surface area contributed by atoms with Crippen LogP contribution in [0, 0.1) is 0 Å². The molecule has 0 radical (unpaired) electrons. The number of unbranched alkanes of at least 4 members (excludes halogenated alkanes) is 13. The van der Waals surface area contributed by atoms with E-state index in [0.29, 0.717) is 0 Å². The summed E-state index contributed by atoms with van der Waals surface area (Å²) in [5.41, 5.74) is 1.26. The summed E-state index contributed by atoms with van der Waals surface area (Å²) < 4.78 is 0. The lowest BCUT2D eigenvalue weighted by Crippen LogP contribution is -2.13. The van der Waals surface area contributed by atoms with Crippen molar-refractivity contribution in [1.82, 2.24) is 5.32 Å². The van der Waals surface area contributed by atoms with Crippen molar-refractivity contribution in [1.29, 1.82) is 0 Å². The van der Waals surface area contributed by atoms with Crippen molar-refractivity contribution in [2.24, 2.45) is 0 Å². The Morgan fingerprint density at radius 3 is 1.50 bits per heavy atom. The van der Waals surface area contributed by atoms with Crippen LogP contribution in [-0.2, 0) is 0 Å². The fourth-order valence-corrected chi connectivity index (χ4v) is 2.91. The lowest BCUT2D eigenvalue weighted by Gasteiger charge is -2.09. The van der Waals surface area contributed by atoms with Gasteiger partial charge in [0.2, 0.25) is 0 Å². The van der Waals surface area contributed by atoms with Crippen LogP contribution >= 0.6 is 0 Å². The Hall–Kier alpha value is -0.460. The highest BCUT2D eigenvalue weighted by atomic mass is 14.9. The van der Waals surface area contributed by atoms with E-state index in [1.165, 1.54) is 108 Å². The molecule has 0 aliphatic carbocycles. The summed E-state index contributed by atoms with van der Waals surface area (Å²) in [5.74, 6) is 0. The molecule has 0 aliphatic heterocycles. The second kappa shape index (κ2) is 18.6. The van der Waals surface area contributed by atoms with Crippen LogP contribution in [0.5, 0.6) is 0 Å². The van der Waals surface area contributed by atoms with E-state index in [4.69, 9.17) is 0 Å². The number of hydrogen-bond donors (Lipinski definition) is 1. The quantitative estimate of drug-likeness (QED) is 0.261. The predicted octanol–water partition coefficient (Wildman–Crippen LogP) is 7.37. The highest BCUT2D eigenvalue weighted by Gasteiger charge is 1.96. The summed E-state index contributed by atoms with van der Waals surface area (Å²) in [6.45, 7) is 9.85. The first-order chi connectivity index (χ1) is 10.8. The summed E-state index contributed by atoms with van der Waals surface area (Å²) in [7, 11) is 0. The summed E-state index contributed by atoms with van der Waals surface area (Å²) in [5, 5.41) is 3.51. The Bertz CT molecular complexity index is 222. The van der Waals surface area contributed by atoms with Crippen molar-refractivity contribution in [3.8, 4) is 0 Å². The fraction of sp³-hybridized carbons (Fsp3) is 0.905. The smallest absolute Gasteiger partial charge is 0.0143 e. The van der Waals surface area contributed by atoms with Crippen molar-refractivity contribution in [2.75, 3.05) is 6.54 Å². The largest absolute Gasteiger partial charge is 0.389 e. The third-order valence-electron chi connectivity index (χ3n) is 4.49. The number of nitrogens with one attached hydrogen (secondary N) is 1. The monoisotopic (exact) mass is 309 g/mol. The van der Waals surface area contributed by atoms with Gasteiger partial charge in [0.05, 0.1) is 0 Å². The van der Waals surface area contributed by atoms with Crippen molar-refractivity contribution < 1.29 is 0 Å². The van der Waals surface area contributed by atoms with E-state index >= 15 is 0 Å².